The molecule has 1 aliphatic rings. The van der Waals surface area contributed by atoms with E-state index in [0.29, 0.717) is 17.6 Å². The van der Waals surface area contributed by atoms with E-state index in [0.717, 1.165) is 31.6 Å². The summed E-state index contributed by atoms with van der Waals surface area (Å²) < 4.78 is 26.7. The van der Waals surface area contributed by atoms with Gasteiger partial charge in [-0.3, -0.25) is 9.36 Å². The van der Waals surface area contributed by atoms with Crippen molar-refractivity contribution in [1.29, 1.82) is 0 Å². The number of thioether (sulfide) groups is 1. The van der Waals surface area contributed by atoms with Gasteiger partial charge in [-0.1, -0.05) is 30.8 Å². The van der Waals surface area contributed by atoms with Crippen molar-refractivity contribution < 1.29 is 18.7 Å². The highest BCUT2D eigenvalue weighted by Crippen LogP contribution is 2.25. The normalized spacial score (nSPS) is 19.7. The molecule has 1 aromatic carbocycles. The summed E-state index contributed by atoms with van der Waals surface area (Å²) >= 11 is 1.34. The number of amides is 1. The van der Waals surface area contributed by atoms with E-state index in [2.05, 4.69) is 22.4 Å². The van der Waals surface area contributed by atoms with Gasteiger partial charge in [0.05, 0.1) is 18.4 Å². The zero-order valence-corrected chi connectivity index (χ0v) is 19.2. The Morgan fingerprint density at radius 3 is 2.74 bits per heavy atom. The van der Waals surface area contributed by atoms with Crippen LogP contribution in [0.4, 0.5) is 4.39 Å². The number of carbonyl (C=O) groups excluding carboxylic acids is 1. The van der Waals surface area contributed by atoms with Gasteiger partial charge in [0.1, 0.15) is 6.61 Å². The number of hydrogen-bond acceptors (Lipinski definition) is 6. The van der Waals surface area contributed by atoms with Crippen LogP contribution in [0.3, 0.4) is 0 Å². The molecule has 1 atom stereocenters. The highest BCUT2D eigenvalue weighted by molar-refractivity contribution is 7.99. The van der Waals surface area contributed by atoms with E-state index >= 15 is 0 Å². The zero-order valence-electron chi connectivity index (χ0n) is 18.3. The van der Waals surface area contributed by atoms with Crippen LogP contribution in [0.2, 0.25) is 0 Å². The Morgan fingerprint density at radius 1 is 1.29 bits per heavy atom. The number of ether oxygens (including phenoxy) is 2. The molecule has 31 heavy (non-hydrogen) atoms. The van der Waals surface area contributed by atoms with Crippen LogP contribution in [0.15, 0.2) is 29.4 Å². The number of nitrogens with zero attached hydrogens (tertiary/aromatic N) is 3. The number of carbonyl (C=O) groups is 1. The maximum Gasteiger partial charge on any atom is 0.230 e. The molecule has 1 saturated carbocycles. The van der Waals surface area contributed by atoms with Crippen LogP contribution in [-0.4, -0.2) is 46.2 Å². The number of halogens is 1. The summed E-state index contributed by atoms with van der Waals surface area (Å²) in [5, 5.41) is 12.2. The fourth-order valence-electron chi connectivity index (χ4n) is 3.77. The third-order valence-corrected chi connectivity index (χ3v) is 6.43. The van der Waals surface area contributed by atoms with Crippen molar-refractivity contribution in [1.82, 2.24) is 20.1 Å². The van der Waals surface area contributed by atoms with Gasteiger partial charge in [-0.2, -0.15) is 0 Å². The van der Waals surface area contributed by atoms with Crippen molar-refractivity contribution in [2.75, 3.05) is 19.5 Å². The standard InChI is InChI=1S/C22H31FN4O3S/c1-15-8-10-17(11-9-15)24-21(28)14-31-22-26-25-20(27(22)16(2)12-29-3)13-30-19-7-5-4-6-18(19)23/h4-7,15-17H,8-14H2,1-3H3,(H,24,28)/t15?,16-,17?/m0/s1. The first kappa shape index (κ1) is 23.5. The second-order valence-electron chi connectivity index (χ2n) is 8.11. The summed E-state index contributed by atoms with van der Waals surface area (Å²) in [6, 6.07) is 6.44. The smallest absolute Gasteiger partial charge is 0.230 e. The van der Waals surface area contributed by atoms with Gasteiger partial charge >= 0.3 is 0 Å². The predicted octanol–water partition coefficient (Wildman–Crippen LogP) is 3.99. The molecule has 7 nitrogen and oxygen atoms in total. The van der Waals surface area contributed by atoms with Gasteiger partial charge < -0.3 is 14.8 Å². The van der Waals surface area contributed by atoms with Crippen LogP contribution in [0, 0.1) is 11.7 Å². The minimum Gasteiger partial charge on any atom is -0.483 e. The third kappa shape index (κ3) is 6.67. The molecule has 9 heteroatoms. The molecule has 1 heterocycles. The lowest BCUT2D eigenvalue weighted by Gasteiger charge is -2.26. The lowest BCUT2D eigenvalue weighted by Crippen LogP contribution is -2.38. The first-order valence-electron chi connectivity index (χ1n) is 10.7. The van der Waals surface area contributed by atoms with Gasteiger partial charge in [0.2, 0.25) is 5.91 Å². The van der Waals surface area contributed by atoms with Crippen molar-refractivity contribution in [3.05, 3.63) is 35.9 Å². The van der Waals surface area contributed by atoms with E-state index in [1.54, 1.807) is 25.3 Å². The highest BCUT2D eigenvalue weighted by Gasteiger charge is 2.22. The summed E-state index contributed by atoms with van der Waals surface area (Å²) in [7, 11) is 1.63. The first-order chi connectivity index (χ1) is 15.0. The van der Waals surface area contributed by atoms with E-state index in [1.807, 2.05) is 11.5 Å². The first-order valence-corrected chi connectivity index (χ1v) is 11.7. The van der Waals surface area contributed by atoms with E-state index in [4.69, 9.17) is 9.47 Å². The Labute approximate surface area is 187 Å². The number of nitrogens with one attached hydrogen (secondary N) is 1. The summed E-state index contributed by atoms with van der Waals surface area (Å²) in [5.41, 5.74) is 0. The van der Waals surface area contributed by atoms with Crippen molar-refractivity contribution >= 4 is 17.7 Å². The number of methoxy groups -OCH3 is 1. The number of hydrogen-bond donors (Lipinski definition) is 1. The molecule has 170 valence electrons. The maximum absolute atomic E-state index is 13.9. The second-order valence-corrected chi connectivity index (χ2v) is 9.05. The molecule has 1 amide bonds. The SMILES string of the molecule is COC[C@H](C)n1c(COc2ccccc2F)nnc1SCC(=O)NC1CCC(C)CC1. The summed E-state index contributed by atoms with van der Waals surface area (Å²) in [6.07, 6.45) is 4.39. The lowest BCUT2D eigenvalue weighted by atomic mass is 9.87. The molecule has 0 unspecified atom stereocenters. The predicted molar refractivity (Wildman–Crippen MR) is 118 cm³/mol. The molecule has 1 aromatic heterocycles. The minimum absolute atomic E-state index is 0.00246. The van der Waals surface area contributed by atoms with Crippen LogP contribution >= 0.6 is 11.8 Å². The maximum atomic E-state index is 13.9. The fourth-order valence-corrected chi connectivity index (χ4v) is 4.64. The van der Waals surface area contributed by atoms with Crippen LogP contribution in [0.25, 0.3) is 0 Å². The number of rotatable bonds is 10. The molecule has 1 N–H and O–H groups in total. The van der Waals surface area contributed by atoms with Crippen molar-refractivity contribution in [2.45, 2.75) is 63.4 Å². The summed E-state index contributed by atoms with van der Waals surface area (Å²) in [6.45, 7) is 4.75. The Hall–Kier alpha value is -2.13. The van der Waals surface area contributed by atoms with Gasteiger partial charge in [0.15, 0.2) is 22.5 Å². The van der Waals surface area contributed by atoms with E-state index in [9.17, 15) is 9.18 Å². The molecule has 0 spiro atoms. The van der Waals surface area contributed by atoms with Crippen LogP contribution in [0.5, 0.6) is 5.75 Å². The molecule has 0 radical (unpaired) electrons. The van der Waals surface area contributed by atoms with E-state index in [1.165, 1.54) is 17.8 Å². The summed E-state index contributed by atoms with van der Waals surface area (Å²) in [4.78, 5) is 12.4. The zero-order chi connectivity index (χ0) is 22.2. The second kappa shape index (κ2) is 11.5. The van der Waals surface area contributed by atoms with Crippen molar-refractivity contribution in [3.8, 4) is 5.75 Å². The minimum atomic E-state index is -0.429. The largest absolute Gasteiger partial charge is 0.483 e. The summed E-state index contributed by atoms with van der Waals surface area (Å²) in [5.74, 6) is 1.29. The molecule has 0 bridgehead atoms. The van der Waals surface area contributed by atoms with Gasteiger partial charge in [-0.15, -0.1) is 10.2 Å². The molecule has 3 rings (SSSR count). The third-order valence-electron chi connectivity index (χ3n) is 5.49. The van der Waals surface area contributed by atoms with Crippen LogP contribution in [0.1, 0.15) is 51.4 Å². The fraction of sp³-hybridized carbons (Fsp3) is 0.591. The molecule has 1 fully saturated rings. The average molecular weight is 451 g/mol. The molecule has 2 aromatic rings. The van der Waals surface area contributed by atoms with E-state index < -0.39 is 5.82 Å². The molecule has 0 aliphatic heterocycles. The van der Waals surface area contributed by atoms with Gasteiger partial charge in [-0.05, 0) is 50.7 Å². The lowest BCUT2D eigenvalue weighted by molar-refractivity contribution is -0.119. The van der Waals surface area contributed by atoms with Crippen molar-refractivity contribution in [2.24, 2.45) is 5.92 Å². The number of para-hydroxylation sites is 1. The quantitative estimate of drug-likeness (QED) is 0.552. The highest BCUT2D eigenvalue weighted by atomic mass is 32.2. The number of aromatic nitrogens is 3. The monoisotopic (exact) mass is 450 g/mol. The van der Waals surface area contributed by atoms with E-state index in [-0.39, 0.29) is 36.1 Å². The molecule has 1 aliphatic carbocycles. The Bertz CT molecular complexity index is 855. The molecular weight excluding hydrogens is 419 g/mol. The molecule has 0 saturated heterocycles. The molecular formula is C22H31FN4O3S. The van der Waals surface area contributed by atoms with Crippen molar-refractivity contribution in [3.63, 3.8) is 0 Å². The number of benzene rings is 1. The Morgan fingerprint density at radius 2 is 2.03 bits per heavy atom. The van der Waals surface area contributed by atoms with Crippen LogP contribution < -0.4 is 10.1 Å². The van der Waals surface area contributed by atoms with Crippen LogP contribution in [-0.2, 0) is 16.1 Å². The topological polar surface area (TPSA) is 78.3 Å². The Balaban J connectivity index is 1.62. The van der Waals surface area contributed by atoms with Gasteiger partial charge in [0, 0.05) is 13.2 Å². The van der Waals surface area contributed by atoms with Gasteiger partial charge in [-0.25, -0.2) is 4.39 Å². The van der Waals surface area contributed by atoms with Gasteiger partial charge in [0.25, 0.3) is 0 Å². The Kier molecular flexibility index (Phi) is 8.71. The average Bonchev–Trinajstić information content (AvgIpc) is 3.16.